The Labute approximate surface area is 167 Å². The van der Waals surface area contributed by atoms with Crippen LogP contribution >= 0.6 is 11.8 Å². The van der Waals surface area contributed by atoms with Gasteiger partial charge >= 0.3 is 0 Å². The number of hydrogen-bond donors (Lipinski definition) is 1. The van der Waals surface area contributed by atoms with Crippen LogP contribution in [0.15, 0.2) is 29.4 Å². The largest absolute Gasteiger partial charge is 0.335 e. The van der Waals surface area contributed by atoms with Crippen LogP contribution in [0, 0.1) is 5.82 Å². The quantitative estimate of drug-likeness (QED) is 0.716. The summed E-state index contributed by atoms with van der Waals surface area (Å²) < 4.78 is 15.6. The number of benzene rings is 1. The highest BCUT2D eigenvalue weighted by atomic mass is 32.2. The van der Waals surface area contributed by atoms with Gasteiger partial charge in [-0.1, -0.05) is 30.3 Å². The SMILES string of the molecule is CCn1c(CN2CCCCCC2=O)nnc1SCC(=O)Nc1ccccc1F. The molecule has 0 unspecified atom stereocenters. The van der Waals surface area contributed by atoms with E-state index in [0.717, 1.165) is 31.6 Å². The van der Waals surface area contributed by atoms with Gasteiger partial charge in [-0.2, -0.15) is 0 Å². The molecule has 1 aliphatic heterocycles. The second-order valence-electron chi connectivity index (χ2n) is 6.59. The van der Waals surface area contributed by atoms with Gasteiger partial charge in [0.2, 0.25) is 11.8 Å². The Morgan fingerprint density at radius 2 is 2.07 bits per heavy atom. The van der Waals surface area contributed by atoms with E-state index in [0.29, 0.717) is 24.7 Å². The highest BCUT2D eigenvalue weighted by Gasteiger charge is 2.21. The molecule has 0 radical (unpaired) electrons. The number of nitrogens with one attached hydrogen (secondary N) is 1. The molecule has 1 aromatic heterocycles. The molecule has 2 aromatic rings. The number of para-hydroxylation sites is 1. The molecule has 1 aliphatic rings. The molecule has 1 saturated heterocycles. The van der Waals surface area contributed by atoms with Crippen LogP contribution in [-0.4, -0.2) is 43.8 Å². The third kappa shape index (κ3) is 5.09. The number of thioether (sulfide) groups is 1. The van der Waals surface area contributed by atoms with Gasteiger partial charge in [0.05, 0.1) is 18.0 Å². The Bertz CT molecular complexity index is 841. The van der Waals surface area contributed by atoms with Crippen molar-refractivity contribution in [1.82, 2.24) is 19.7 Å². The molecule has 28 heavy (non-hydrogen) atoms. The van der Waals surface area contributed by atoms with Gasteiger partial charge < -0.3 is 14.8 Å². The van der Waals surface area contributed by atoms with E-state index in [2.05, 4.69) is 15.5 Å². The van der Waals surface area contributed by atoms with Crippen molar-refractivity contribution < 1.29 is 14.0 Å². The van der Waals surface area contributed by atoms with Crippen molar-refractivity contribution in [1.29, 1.82) is 0 Å². The van der Waals surface area contributed by atoms with Gasteiger partial charge in [0.25, 0.3) is 0 Å². The number of rotatable bonds is 7. The van der Waals surface area contributed by atoms with E-state index in [9.17, 15) is 14.0 Å². The molecule has 1 aromatic carbocycles. The van der Waals surface area contributed by atoms with Crippen molar-refractivity contribution >= 4 is 29.3 Å². The monoisotopic (exact) mass is 405 g/mol. The molecule has 1 N–H and O–H groups in total. The average molecular weight is 405 g/mol. The zero-order valence-electron chi connectivity index (χ0n) is 15.9. The van der Waals surface area contributed by atoms with Crippen LogP contribution in [0.4, 0.5) is 10.1 Å². The summed E-state index contributed by atoms with van der Waals surface area (Å²) in [6.45, 7) is 3.78. The second kappa shape index (κ2) is 9.68. The number of likely N-dealkylation sites (tertiary alicyclic amines) is 1. The topological polar surface area (TPSA) is 80.1 Å². The van der Waals surface area contributed by atoms with Gasteiger partial charge in [0, 0.05) is 19.5 Å². The highest BCUT2D eigenvalue weighted by Crippen LogP contribution is 2.20. The Hall–Kier alpha value is -2.42. The molecule has 150 valence electrons. The van der Waals surface area contributed by atoms with E-state index in [4.69, 9.17) is 0 Å². The molecule has 0 aliphatic carbocycles. The molecule has 0 spiro atoms. The van der Waals surface area contributed by atoms with Crippen molar-refractivity contribution in [3.63, 3.8) is 0 Å². The Kier molecular flexibility index (Phi) is 7.02. The summed E-state index contributed by atoms with van der Waals surface area (Å²) in [6.07, 6.45) is 3.59. The van der Waals surface area contributed by atoms with Crippen molar-refractivity contribution in [2.24, 2.45) is 0 Å². The van der Waals surface area contributed by atoms with E-state index in [1.807, 2.05) is 16.4 Å². The van der Waals surface area contributed by atoms with Gasteiger partial charge in [0.1, 0.15) is 5.82 Å². The maximum Gasteiger partial charge on any atom is 0.234 e. The van der Waals surface area contributed by atoms with Crippen LogP contribution < -0.4 is 5.32 Å². The highest BCUT2D eigenvalue weighted by molar-refractivity contribution is 7.99. The van der Waals surface area contributed by atoms with E-state index in [1.54, 1.807) is 12.1 Å². The first-order valence-electron chi connectivity index (χ1n) is 9.45. The van der Waals surface area contributed by atoms with Crippen LogP contribution in [-0.2, 0) is 22.7 Å². The van der Waals surface area contributed by atoms with Crippen molar-refractivity contribution in [3.05, 3.63) is 35.9 Å². The van der Waals surface area contributed by atoms with Gasteiger partial charge in [0.15, 0.2) is 11.0 Å². The number of carbonyl (C=O) groups excluding carboxylic acids is 2. The van der Waals surface area contributed by atoms with Gasteiger partial charge in [-0.25, -0.2) is 4.39 Å². The molecule has 9 heteroatoms. The average Bonchev–Trinajstić information content (AvgIpc) is 2.96. The maximum atomic E-state index is 13.6. The van der Waals surface area contributed by atoms with Crippen LogP contribution in [0.2, 0.25) is 0 Å². The number of hydrogen-bond acceptors (Lipinski definition) is 5. The van der Waals surface area contributed by atoms with E-state index in [1.165, 1.54) is 23.9 Å². The fraction of sp³-hybridized carbons (Fsp3) is 0.474. The lowest BCUT2D eigenvalue weighted by Gasteiger charge is -2.20. The van der Waals surface area contributed by atoms with Gasteiger partial charge in [-0.3, -0.25) is 9.59 Å². The van der Waals surface area contributed by atoms with E-state index < -0.39 is 5.82 Å². The number of amides is 2. The first-order chi connectivity index (χ1) is 13.6. The minimum atomic E-state index is -0.470. The molecular weight excluding hydrogens is 381 g/mol. The van der Waals surface area contributed by atoms with Crippen molar-refractivity contribution in [2.45, 2.75) is 50.9 Å². The molecule has 2 heterocycles. The van der Waals surface area contributed by atoms with Crippen molar-refractivity contribution in [2.75, 3.05) is 17.6 Å². The van der Waals surface area contributed by atoms with Crippen LogP contribution in [0.1, 0.15) is 38.4 Å². The molecule has 7 nitrogen and oxygen atoms in total. The lowest BCUT2D eigenvalue weighted by molar-refractivity contribution is -0.131. The Morgan fingerprint density at radius 3 is 2.86 bits per heavy atom. The Morgan fingerprint density at radius 1 is 1.25 bits per heavy atom. The van der Waals surface area contributed by atoms with Crippen LogP contribution in [0.5, 0.6) is 0 Å². The lowest BCUT2D eigenvalue weighted by atomic mass is 10.2. The molecule has 3 rings (SSSR count). The standard InChI is InChI=1S/C19H24FN5O2S/c1-2-25-16(12-24-11-7-3-4-10-18(24)27)22-23-19(25)28-13-17(26)21-15-9-6-5-8-14(15)20/h5-6,8-9H,2-4,7,10-13H2,1H3,(H,21,26). The molecular formula is C19H24FN5O2S. The van der Waals surface area contributed by atoms with Crippen molar-refractivity contribution in [3.8, 4) is 0 Å². The summed E-state index contributed by atoms with van der Waals surface area (Å²) in [6, 6.07) is 6.05. The minimum Gasteiger partial charge on any atom is -0.335 e. The summed E-state index contributed by atoms with van der Waals surface area (Å²) >= 11 is 1.24. The first kappa shape index (κ1) is 20.3. The summed E-state index contributed by atoms with van der Waals surface area (Å²) in [5.41, 5.74) is 0.158. The molecule has 2 amide bonds. The third-order valence-electron chi connectivity index (χ3n) is 4.59. The molecule has 1 fully saturated rings. The third-order valence-corrected chi connectivity index (χ3v) is 5.56. The molecule has 0 atom stereocenters. The minimum absolute atomic E-state index is 0.0924. The summed E-state index contributed by atoms with van der Waals surface area (Å²) in [4.78, 5) is 26.2. The fourth-order valence-corrected chi connectivity index (χ4v) is 3.94. The smallest absolute Gasteiger partial charge is 0.234 e. The first-order valence-corrected chi connectivity index (χ1v) is 10.4. The maximum absolute atomic E-state index is 13.6. The Balaban J connectivity index is 1.61. The molecule has 0 bridgehead atoms. The number of nitrogens with zero attached hydrogens (tertiary/aromatic N) is 4. The van der Waals surface area contributed by atoms with Gasteiger partial charge in [-0.15, -0.1) is 10.2 Å². The number of anilines is 1. The fourth-order valence-electron chi connectivity index (χ4n) is 3.12. The predicted molar refractivity (Wildman–Crippen MR) is 105 cm³/mol. The normalized spacial score (nSPS) is 14.8. The van der Waals surface area contributed by atoms with Crippen LogP contribution in [0.25, 0.3) is 0 Å². The van der Waals surface area contributed by atoms with Gasteiger partial charge in [-0.05, 0) is 31.9 Å². The van der Waals surface area contributed by atoms with E-state index in [-0.39, 0.29) is 23.3 Å². The second-order valence-corrected chi connectivity index (χ2v) is 7.53. The molecule has 0 saturated carbocycles. The summed E-state index contributed by atoms with van der Waals surface area (Å²) in [5.74, 6) is 0.179. The predicted octanol–water partition coefficient (Wildman–Crippen LogP) is 3.07. The van der Waals surface area contributed by atoms with Crippen LogP contribution in [0.3, 0.4) is 0 Å². The number of aromatic nitrogens is 3. The van der Waals surface area contributed by atoms with E-state index >= 15 is 0 Å². The summed E-state index contributed by atoms with van der Waals surface area (Å²) in [7, 11) is 0. The zero-order chi connectivity index (χ0) is 19.9. The lowest BCUT2D eigenvalue weighted by Crippen LogP contribution is -2.31. The summed E-state index contributed by atoms with van der Waals surface area (Å²) in [5, 5.41) is 11.6. The number of carbonyl (C=O) groups is 2. The zero-order valence-corrected chi connectivity index (χ0v) is 16.7. The number of halogens is 1.